The summed E-state index contributed by atoms with van der Waals surface area (Å²) in [5.74, 6) is 0.870. The van der Waals surface area contributed by atoms with Gasteiger partial charge in [0.05, 0.1) is 12.8 Å². The van der Waals surface area contributed by atoms with Gasteiger partial charge in [-0.3, -0.25) is 4.79 Å². The molecule has 6 heteroatoms. The van der Waals surface area contributed by atoms with Gasteiger partial charge in [-0.1, -0.05) is 54.6 Å². The Bertz CT molecular complexity index is 1130. The standard InChI is InChI=1S/C25H21N3O3/c1-30-25-16-15-23(27-28-25)20-7-11-21(12-8-20)26-24(29)17-31-22-13-9-19(10-14-22)18-5-3-2-4-6-18/h2-16H,17H2,1H3,(H,26,29). The van der Waals surface area contributed by atoms with Gasteiger partial charge in [-0.05, 0) is 41.5 Å². The molecule has 0 aliphatic heterocycles. The second-order valence-electron chi connectivity index (χ2n) is 6.77. The van der Waals surface area contributed by atoms with Crippen LogP contribution in [-0.4, -0.2) is 29.8 Å². The van der Waals surface area contributed by atoms with Gasteiger partial charge < -0.3 is 14.8 Å². The van der Waals surface area contributed by atoms with Crippen LogP contribution in [0.5, 0.6) is 11.6 Å². The molecule has 1 amide bonds. The number of hydrogen-bond donors (Lipinski definition) is 1. The Morgan fingerprint density at radius 1 is 0.774 bits per heavy atom. The molecule has 1 aromatic heterocycles. The fraction of sp³-hybridized carbons (Fsp3) is 0.0800. The van der Waals surface area contributed by atoms with Crippen LogP contribution >= 0.6 is 0 Å². The lowest BCUT2D eigenvalue weighted by Gasteiger charge is -2.09. The number of hydrogen-bond acceptors (Lipinski definition) is 5. The third kappa shape index (κ3) is 5.25. The first-order valence-electron chi connectivity index (χ1n) is 9.77. The van der Waals surface area contributed by atoms with Crippen LogP contribution < -0.4 is 14.8 Å². The van der Waals surface area contributed by atoms with Crippen LogP contribution in [0.25, 0.3) is 22.4 Å². The van der Waals surface area contributed by atoms with Crippen molar-refractivity contribution in [3.63, 3.8) is 0 Å². The van der Waals surface area contributed by atoms with Gasteiger partial charge in [0.2, 0.25) is 5.88 Å². The van der Waals surface area contributed by atoms with Crippen LogP contribution in [0.1, 0.15) is 0 Å². The molecule has 0 aliphatic rings. The van der Waals surface area contributed by atoms with Gasteiger partial charge in [0.25, 0.3) is 5.91 Å². The molecule has 0 fully saturated rings. The number of rotatable bonds is 7. The van der Waals surface area contributed by atoms with E-state index in [9.17, 15) is 4.79 Å². The number of methoxy groups -OCH3 is 1. The molecule has 0 saturated carbocycles. The first kappa shape index (κ1) is 20.1. The minimum atomic E-state index is -0.232. The fourth-order valence-corrected chi connectivity index (χ4v) is 3.03. The Labute approximate surface area is 180 Å². The van der Waals surface area contributed by atoms with Gasteiger partial charge in [-0.15, -0.1) is 10.2 Å². The quantitative estimate of drug-likeness (QED) is 0.471. The van der Waals surface area contributed by atoms with E-state index >= 15 is 0 Å². The molecule has 0 aliphatic carbocycles. The van der Waals surface area contributed by atoms with Gasteiger partial charge >= 0.3 is 0 Å². The Balaban J connectivity index is 1.30. The highest BCUT2D eigenvalue weighted by molar-refractivity contribution is 5.92. The molecule has 1 heterocycles. The van der Waals surface area contributed by atoms with Crippen molar-refractivity contribution < 1.29 is 14.3 Å². The second kappa shape index (κ2) is 9.54. The van der Waals surface area contributed by atoms with Crippen LogP contribution in [0, 0.1) is 0 Å². The minimum absolute atomic E-state index is 0.0730. The van der Waals surface area contributed by atoms with E-state index in [1.807, 2.05) is 72.8 Å². The number of aromatic nitrogens is 2. The number of ether oxygens (including phenoxy) is 2. The monoisotopic (exact) mass is 411 g/mol. The van der Waals surface area contributed by atoms with Crippen molar-refractivity contribution in [2.24, 2.45) is 0 Å². The topological polar surface area (TPSA) is 73.3 Å². The van der Waals surface area contributed by atoms with Gasteiger partial charge in [-0.25, -0.2) is 0 Å². The van der Waals surface area contributed by atoms with E-state index in [0.29, 0.717) is 17.3 Å². The third-order valence-corrected chi connectivity index (χ3v) is 4.65. The van der Waals surface area contributed by atoms with Gasteiger partial charge in [0, 0.05) is 17.3 Å². The SMILES string of the molecule is COc1ccc(-c2ccc(NC(=O)COc3ccc(-c4ccccc4)cc3)cc2)nn1. The van der Waals surface area contributed by atoms with Crippen molar-refractivity contribution in [1.29, 1.82) is 0 Å². The average molecular weight is 411 g/mol. The summed E-state index contributed by atoms with van der Waals surface area (Å²) in [7, 11) is 1.55. The zero-order chi connectivity index (χ0) is 21.5. The van der Waals surface area contributed by atoms with E-state index in [1.54, 1.807) is 13.2 Å². The highest BCUT2D eigenvalue weighted by atomic mass is 16.5. The number of nitrogens with one attached hydrogen (secondary N) is 1. The number of carbonyl (C=O) groups is 1. The van der Waals surface area contributed by atoms with Crippen molar-refractivity contribution in [3.8, 4) is 34.0 Å². The fourth-order valence-electron chi connectivity index (χ4n) is 3.03. The number of anilines is 1. The number of carbonyl (C=O) groups excluding carboxylic acids is 1. The highest BCUT2D eigenvalue weighted by Gasteiger charge is 2.06. The summed E-state index contributed by atoms with van der Waals surface area (Å²) >= 11 is 0. The largest absolute Gasteiger partial charge is 0.484 e. The molecule has 0 atom stereocenters. The predicted molar refractivity (Wildman–Crippen MR) is 120 cm³/mol. The molecular formula is C25H21N3O3. The smallest absolute Gasteiger partial charge is 0.262 e. The minimum Gasteiger partial charge on any atom is -0.484 e. The second-order valence-corrected chi connectivity index (χ2v) is 6.77. The molecule has 0 radical (unpaired) electrons. The lowest BCUT2D eigenvalue weighted by atomic mass is 10.1. The number of benzene rings is 3. The normalized spacial score (nSPS) is 10.4. The van der Waals surface area contributed by atoms with E-state index in [2.05, 4.69) is 27.6 Å². The molecule has 1 N–H and O–H groups in total. The molecule has 0 spiro atoms. The van der Waals surface area contributed by atoms with Crippen molar-refractivity contribution >= 4 is 11.6 Å². The molecular weight excluding hydrogens is 390 g/mol. The maximum Gasteiger partial charge on any atom is 0.262 e. The number of amides is 1. The molecule has 0 saturated heterocycles. The van der Waals surface area contributed by atoms with Crippen molar-refractivity contribution in [2.75, 3.05) is 19.0 Å². The van der Waals surface area contributed by atoms with Crippen molar-refractivity contribution in [3.05, 3.63) is 91.0 Å². The van der Waals surface area contributed by atoms with Crippen LogP contribution in [0.4, 0.5) is 5.69 Å². The van der Waals surface area contributed by atoms with Crippen LogP contribution in [0.2, 0.25) is 0 Å². The molecule has 0 unspecified atom stereocenters. The van der Waals surface area contributed by atoms with Crippen LogP contribution in [-0.2, 0) is 4.79 Å². The van der Waals surface area contributed by atoms with Crippen molar-refractivity contribution in [1.82, 2.24) is 10.2 Å². The van der Waals surface area contributed by atoms with Gasteiger partial charge in [0.15, 0.2) is 6.61 Å². The van der Waals surface area contributed by atoms with E-state index in [-0.39, 0.29) is 12.5 Å². The Hall–Kier alpha value is -4.19. The van der Waals surface area contributed by atoms with Crippen LogP contribution in [0.3, 0.4) is 0 Å². The summed E-state index contributed by atoms with van der Waals surface area (Å²) in [5, 5.41) is 10.9. The molecule has 4 aromatic rings. The number of nitrogens with zero attached hydrogens (tertiary/aromatic N) is 2. The summed E-state index contributed by atoms with van der Waals surface area (Å²) in [6.07, 6.45) is 0. The van der Waals surface area contributed by atoms with Gasteiger partial charge in [0.1, 0.15) is 5.75 Å². The molecule has 31 heavy (non-hydrogen) atoms. The predicted octanol–water partition coefficient (Wildman–Crippen LogP) is 4.84. The lowest BCUT2D eigenvalue weighted by Crippen LogP contribution is -2.20. The highest BCUT2D eigenvalue weighted by Crippen LogP contribution is 2.22. The maximum atomic E-state index is 12.2. The molecule has 4 rings (SSSR count). The van der Waals surface area contributed by atoms with E-state index in [1.165, 1.54) is 0 Å². The Morgan fingerprint density at radius 3 is 2.10 bits per heavy atom. The first-order valence-corrected chi connectivity index (χ1v) is 9.77. The molecule has 6 nitrogen and oxygen atoms in total. The Morgan fingerprint density at radius 2 is 1.45 bits per heavy atom. The summed E-state index contributed by atoms with van der Waals surface area (Å²) in [6, 6.07) is 28.7. The lowest BCUT2D eigenvalue weighted by molar-refractivity contribution is -0.118. The summed E-state index contributed by atoms with van der Waals surface area (Å²) < 4.78 is 10.6. The molecule has 3 aromatic carbocycles. The van der Waals surface area contributed by atoms with Crippen molar-refractivity contribution in [2.45, 2.75) is 0 Å². The van der Waals surface area contributed by atoms with E-state index in [0.717, 1.165) is 22.4 Å². The first-order chi connectivity index (χ1) is 15.2. The molecule has 154 valence electrons. The Kier molecular flexibility index (Phi) is 6.18. The van der Waals surface area contributed by atoms with Gasteiger partial charge in [-0.2, -0.15) is 0 Å². The zero-order valence-corrected chi connectivity index (χ0v) is 17.0. The average Bonchev–Trinajstić information content (AvgIpc) is 2.84. The maximum absolute atomic E-state index is 12.2. The summed E-state index contributed by atoms with van der Waals surface area (Å²) in [4.78, 5) is 12.2. The zero-order valence-electron chi connectivity index (χ0n) is 17.0. The van der Waals surface area contributed by atoms with E-state index in [4.69, 9.17) is 9.47 Å². The summed E-state index contributed by atoms with van der Waals surface area (Å²) in [6.45, 7) is -0.0730. The molecule has 0 bridgehead atoms. The van der Waals surface area contributed by atoms with Crippen LogP contribution in [0.15, 0.2) is 91.0 Å². The third-order valence-electron chi connectivity index (χ3n) is 4.65. The summed E-state index contributed by atoms with van der Waals surface area (Å²) in [5.41, 5.74) is 4.53. The van der Waals surface area contributed by atoms with E-state index < -0.39 is 0 Å².